The first kappa shape index (κ1) is 30.2. The number of aromatic nitrogens is 1. The van der Waals surface area contributed by atoms with Gasteiger partial charge in [0.05, 0.1) is 45.2 Å². The minimum atomic E-state index is -4.23. The number of likely N-dealkylation sites (tertiary alicyclic amines) is 1. The van der Waals surface area contributed by atoms with Crippen LogP contribution in [0.3, 0.4) is 0 Å². The summed E-state index contributed by atoms with van der Waals surface area (Å²) < 4.78 is 71.2. The molecule has 1 aromatic carbocycles. The van der Waals surface area contributed by atoms with Crippen molar-refractivity contribution in [2.45, 2.75) is 56.5 Å². The molecule has 42 heavy (non-hydrogen) atoms. The van der Waals surface area contributed by atoms with Gasteiger partial charge in [0.15, 0.2) is 11.6 Å². The molecule has 2 fully saturated rings. The van der Waals surface area contributed by atoms with Gasteiger partial charge in [0.1, 0.15) is 5.75 Å². The van der Waals surface area contributed by atoms with E-state index in [1.165, 1.54) is 12.0 Å². The Hall–Kier alpha value is -3.28. The second-order valence-corrected chi connectivity index (χ2v) is 11.4. The zero-order valence-electron chi connectivity index (χ0n) is 23.7. The molecule has 4 heterocycles. The van der Waals surface area contributed by atoms with E-state index in [2.05, 4.69) is 4.98 Å². The van der Waals surface area contributed by atoms with Gasteiger partial charge < -0.3 is 24.2 Å². The summed E-state index contributed by atoms with van der Waals surface area (Å²) in [7, 11) is 1.42. The molecule has 2 aromatic rings. The lowest BCUT2D eigenvalue weighted by Crippen LogP contribution is -2.40. The zero-order chi connectivity index (χ0) is 29.9. The third-order valence-electron chi connectivity index (χ3n) is 8.62. The maximum atomic E-state index is 15.7. The lowest BCUT2D eigenvalue weighted by atomic mass is 9.86. The number of fused-ring (bicyclic) bond motifs is 1. The highest BCUT2D eigenvalue weighted by molar-refractivity contribution is 5.68. The second-order valence-electron chi connectivity index (χ2n) is 11.4. The highest BCUT2D eigenvalue weighted by atomic mass is 19.4. The predicted molar refractivity (Wildman–Crippen MR) is 147 cm³/mol. The Kier molecular flexibility index (Phi) is 9.29. The molecular formula is C30H37F4N3O5. The van der Waals surface area contributed by atoms with Crippen LogP contribution in [0.4, 0.5) is 23.2 Å². The minimum absolute atomic E-state index is 0.0216. The molecule has 0 amide bonds. The number of carbonyl (C=O) groups is 1. The van der Waals surface area contributed by atoms with E-state index in [1.54, 1.807) is 18.3 Å². The number of rotatable bonds is 9. The number of ether oxygens (including phenoxy) is 3. The number of anilines is 1. The van der Waals surface area contributed by atoms with Gasteiger partial charge in [0.2, 0.25) is 5.88 Å². The lowest BCUT2D eigenvalue weighted by Gasteiger charge is -2.38. The average molecular weight is 596 g/mol. The Morgan fingerprint density at radius 1 is 1.10 bits per heavy atom. The van der Waals surface area contributed by atoms with E-state index < -0.39 is 24.5 Å². The van der Waals surface area contributed by atoms with Crippen LogP contribution in [0.5, 0.6) is 17.4 Å². The average Bonchev–Trinajstić information content (AvgIpc) is 2.96. The van der Waals surface area contributed by atoms with Crippen molar-refractivity contribution in [1.29, 1.82) is 0 Å². The highest BCUT2D eigenvalue weighted by Gasteiger charge is 2.35. The fourth-order valence-corrected chi connectivity index (χ4v) is 6.40. The number of hydrogen-bond acceptors (Lipinski definition) is 7. The van der Waals surface area contributed by atoms with Crippen molar-refractivity contribution < 1.29 is 41.7 Å². The van der Waals surface area contributed by atoms with Crippen LogP contribution in [0, 0.1) is 11.7 Å². The third-order valence-corrected chi connectivity index (χ3v) is 8.62. The lowest BCUT2D eigenvalue weighted by molar-refractivity contribution is -0.148. The van der Waals surface area contributed by atoms with E-state index in [4.69, 9.17) is 14.2 Å². The van der Waals surface area contributed by atoms with Crippen LogP contribution in [0.25, 0.3) is 0 Å². The molecule has 1 atom stereocenters. The number of hydrogen-bond donors (Lipinski definition) is 1. The molecule has 1 aromatic heterocycles. The molecule has 0 spiro atoms. The summed E-state index contributed by atoms with van der Waals surface area (Å²) in [6, 6.07) is 5.24. The number of piperidine rings is 2. The molecule has 0 radical (unpaired) electrons. The molecule has 1 N–H and O–H groups in total. The van der Waals surface area contributed by atoms with Crippen LogP contribution >= 0.6 is 0 Å². The fourth-order valence-electron chi connectivity index (χ4n) is 6.40. The van der Waals surface area contributed by atoms with E-state index >= 15 is 4.39 Å². The van der Waals surface area contributed by atoms with Gasteiger partial charge in [-0.25, -0.2) is 9.37 Å². The first-order chi connectivity index (χ1) is 20.1. The molecular weight excluding hydrogens is 558 g/mol. The number of methoxy groups -OCH3 is 1. The van der Waals surface area contributed by atoms with Crippen molar-refractivity contribution in [3.8, 4) is 17.4 Å². The van der Waals surface area contributed by atoms with Crippen LogP contribution in [0.2, 0.25) is 0 Å². The normalized spacial score (nSPS) is 20.6. The highest BCUT2D eigenvalue weighted by Crippen LogP contribution is 2.42. The number of carboxylic acids is 1. The summed E-state index contributed by atoms with van der Waals surface area (Å²) in [5.41, 5.74) is 2.11. The van der Waals surface area contributed by atoms with Crippen molar-refractivity contribution in [3.63, 3.8) is 0 Å². The number of carboxylic acid groups (broad SMARTS) is 1. The van der Waals surface area contributed by atoms with Gasteiger partial charge in [0, 0.05) is 30.6 Å². The number of pyridine rings is 1. The molecule has 3 aliphatic rings. The van der Waals surface area contributed by atoms with Crippen LogP contribution in [-0.4, -0.2) is 80.2 Å². The summed E-state index contributed by atoms with van der Waals surface area (Å²) in [4.78, 5) is 19.1. The van der Waals surface area contributed by atoms with Gasteiger partial charge in [-0.15, -0.1) is 0 Å². The monoisotopic (exact) mass is 595 g/mol. The molecule has 3 aliphatic heterocycles. The summed E-state index contributed by atoms with van der Waals surface area (Å²) in [5.74, 6) is -0.0884. The largest absolute Gasteiger partial charge is 0.494 e. The number of benzene rings is 1. The van der Waals surface area contributed by atoms with E-state index in [9.17, 15) is 23.1 Å². The topological polar surface area (TPSA) is 84.4 Å². The second kappa shape index (κ2) is 12.9. The molecule has 5 rings (SSSR count). The van der Waals surface area contributed by atoms with Crippen molar-refractivity contribution in [3.05, 3.63) is 41.3 Å². The Morgan fingerprint density at radius 2 is 1.83 bits per heavy atom. The van der Waals surface area contributed by atoms with E-state index in [-0.39, 0.29) is 29.9 Å². The van der Waals surface area contributed by atoms with E-state index in [0.717, 1.165) is 24.0 Å². The number of nitrogens with zero attached hydrogens (tertiary/aromatic N) is 3. The Balaban J connectivity index is 1.21. The molecule has 0 saturated carbocycles. The SMILES string of the molecule is COc1ccc(C2CCN(CC(F)(F)F)CC2)c(N2CCC(COc3cc4c(cn3)OCCC4CC(=O)O)CC2)c1F. The zero-order valence-corrected chi connectivity index (χ0v) is 23.7. The number of halogens is 4. The van der Waals surface area contributed by atoms with Crippen molar-refractivity contribution in [2.75, 3.05) is 57.9 Å². The maximum Gasteiger partial charge on any atom is 0.401 e. The summed E-state index contributed by atoms with van der Waals surface area (Å²) in [6.07, 6.45) is 0.583. The molecule has 1 unspecified atom stereocenters. The molecule has 0 bridgehead atoms. The van der Waals surface area contributed by atoms with Crippen LogP contribution < -0.4 is 19.1 Å². The van der Waals surface area contributed by atoms with E-state index in [1.807, 2.05) is 11.0 Å². The quantitative estimate of drug-likeness (QED) is 0.375. The summed E-state index contributed by atoms with van der Waals surface area (Å²) in [5, 5.41) is 9.26. The van der Waals surface area contributed by atoms with Crippen molar-refractivity contribution in [1.82, 2.24) is 9.88 Å². The van der Waals surface area contributed by atoms with Gasteiger partial charge in [-0.2, -0.15) is 13.2 Å². The standard InChI is InChI=1S/C30H37F4N3O5/c1-40-24-3-2-22(20-6-9-36(10-7-20)18-30(32,33)34)29(28(24)31)37-11-4-19(5-12-37)17-42-26-15-23-21(14-27(38)39)8-13-41-25(23)16-35-26/h2-3,15-16,19-21H,4-14,17-18H2,1H3,(H,38,39). The van der Waals surface area contributed by atoms with Gasteiger partial charge in [-0.05, 0) is 68.7 Å². The van der Waals surface area contributed by atoms with Gasteiger partial charge in [-0.3, -0.25) is 9.69 Å². The third kappa shape index (κ3) is 7.19. The molecule has 0 aliphatic carbocycles. The first-order valence-electron chi connectivity index (χ1n) is 14.5. The van der Waals surface area contributed by atoms with Gasteiger partial charge in [-0.1, -0.05) is 6.07 Å². The van der Waals surface area contributed by atoms with Crippen LogP contribution in [-0.2, 0) is 4.79 Å². The number of alkyl halides is 3. The maximum absolute atomic E-state index is 15.7. The van der Waals surface area contributed by atoms with Crippen LogP contribution in [0.1, 0.15) is 61.5 Å². The Morgan fingerprint density at radius 3 is 2.50 bits per heavy atom. The van der Waals surface area contributed by atoms with Crippen LogP contribution in [0.15, 0.2) is 24.4 Å². The Labute approximate surface area is 242 Å². The smallest absolute Gasteiger partial charge is 0.401 e. The molecule has 2 saturated heterocycles. The molecule has 230 valence electrons. The predicted octanol–water partition coefficient (Wildman–Crippen LogP) is 5.61. The van der Waals surface area contributed by atoms with Gasteiger partial charge in [0.25, 0.3) is 0 Å². The molecule has 8 nitrogen and oxygen atoms in total. The molecule has 12 heteroatoms. The number of aliphatic carboxylic acids is 1. The first-order valence-corrected chi connectivity index (χ1v) is 14.5. The minimum Gasteiger partial charge on any atom is -0.494 e. The summed E-state index contributed by atoms with van der Waals surface area (Å²) in [6.45, 7) is 1.80. The van der Waals surface area contributed by atoms with E-state index in [0.29, 0.717) is 76.0 Å². The van der Waals surface area contributed by atoms with Crippen molar-refractivity contribution in [2.24, 2.45) is 5.92 Å². The van der Waals surface area contributed by atoms with Gasteiger partial charge >= 0.3 is 12.1 Å². The van der Waals surface area contributed by atoms with Crippen molar-refractivity contribution >= 4 is 11.7 Å². The summed E-state index contributed by atoms with van der Waals surface area (Å²) >= 11 is 0. The fraction of sp³-hybridized carbons (Fsp3) is 0.600. The Bertz CT molecular complexity index is 1240.